The van der Waals surface area contributed by atoms with E-state index in [2.05, 4.69) is 51.3 Å². The van der Waals surface area contributed by atoms with E-state index in [1.165, 1.54) is 32.4 Å². The fourth-order valence-electron chi connectivity index (χ4n) is 8.56. The van der Waals surface area contributed by atoms with Gasteiger partial charge in [-0.25, -0.2) is 14.8 Å². The number of piperidine rings is 1. The summed E-state index contributed by atoms with van der Waals surface area (Å²) >= 11 is 0. The molecule has 4 N–H and O–H groups in total. The average Bonchev–Trinajstić information content (AvgIpc) is 3.60. The number of carbonyl (C=O) groups is 1. The number of aryl methyl sites for hydroxylation is 1. The van der Waals surface area contributed by atoms with Crippen LogP contribution in [0.5, 0.6) is 5.75 Å². The number of rotatable bonds is 6. The first kappa shape index (κ1) is 29.2. The normalized spacial score (nSPS) is 30.3. The summed E-state index contributed by atoms with van der Waals surface area (Å²) in [6.07, 6.45) is 8.21. The summed E-state index contributed by atoms with van der Waals surface area (Å²) in [5.74, 6) is 1.05. The zero-order valence-electron chi connectivity index (χ0n) is 25.9. The second-order valence-corrected chi connectivity index (χ2v) is 13.9. The predicted molar refractivity (Wildman–Crippen MR) is 163 cm³/mol. The van der Waals surface area contributed by atoms with Gasteiger partial charge in [0.25, 0.3) is 0 Å². The van der Waals surface area contributed by atoms with E-state index in [1.54, 1.807) is 12.1 Å². The average molecular weight is 594 g/mol. The number of carbonyl (C=O) groups excluding carboxylic acids is 1. The zero-order chi connectivity index (χ0) is 29.8. The SMILES string of the molecule is CCc1cc(O)c(F)cc1C1CCC2C(C1)NNC2c1nc2c([nH]1)CN(C(C)C)C(C(=O)N1CC(N3CCCCC3)C1)C2. The Bertz CT molecular complexity index is 1330. The predicted octanol–water partition coefficient (Wildman–Crippen LogP) is 3.75. The highest BCUT2D eigenvalue weighted by Crippen LogP contribution is 2.45. The maximum absolute atomic E-state index is 14.3. The Morgan fingerprint density at radius 2 is 1.93 bits per heavy atom. The number of phenolic OH excluding ortho intramolecular Hbond substituents is 1. The Hall–Kier alpha value is -2.53. The fraction of sp³-hybridized carbons (Fsp3) is 0.697. The van der Waals surface area contributed by atoms with E-state index < -0.39 is 5.82 Å². The molecule has 234 valence electrons. The van der Waals surface area contributed by atoms with Crippen LogP contribution in [-0.4, -0.2) is 86.0 Å². The Balaban J connectivity index is 1.03. The molecule has 7 rings (SSSR count). The monoisotopic (exact) mass is 593 g/mol. The molecular weight excluding hydrogens is 545 g/mol. The van der Waals surface area contributed by atoms with Crippen LogP contribution in [0.3, 0.4) is 0 Å². The van der Waals surface area contributed by atoms with Crippen molar-refractivity contribution in [3.63, 3.8) is 0 Å². The van der Waals surface area contributed by atoms with Gasteiger partial charge in [0.05, 0.1) is 23.5 Å². The van der Waals surface area contributed by atoms with E-state index >= 15 is 0 Å². The van der Waals surface area contributed by atoms with Crippen LogP contribution in [0.1, 0.15) is 99.6 Å². The number of aromatic nitrogens is 2. The second kappa shape index (κ2) is 11.8. The summed E-state index contributed by atoms with van der Waals surface area (Å²) in [6, 6.07) is 4.10. The molecule has 2 aromatic rings. The highest BCUT2D eigenvalue weighted by atomic mass is 19.1. The highest BCUT2D eigenvalue weighted by Gasteiger charge is 2.45. The van der Waals surface area contributed by atoms with E-state index in [1.807, 2.05) is 0 Å². The van der Waals surface area contributed by atoms with Crippen LogP contribution >= 0.6 is 0 Å². The van der Waals surface area contributed by atoms with Crippen LogP contribution in [0.4, 0.5) is 4.39 Å². The lowest BCUT2D eigenvalue weighted by molar-refractivity contribution is -0.146. The summed E-state index contributed by atoms with van der Waals surface area (Å²) in [7, 11) is 0. The van der Waals surface area contributed by atoms with Crippen molar-refractivity contribution in [3.8, 4) is 5.75 Å². The third-order valence-corrected chi connectivity index (χ3v) is 11.1. The topological polar surface area (TPSA) is 99.8 Å². The minimum absolute atomic E-state index is 0.0704. The van der Waals surface area contributed by atoms with Crippen molar-refractivity contribution < 1.29 is 14.3 Å². The molecule has 1 aromatic carbocycles. The minimum Gasteiger partial charge on any atom is -0.505 e. The lowest BCUT2D eigenvalue weighted by atomic mass is 9.73. The number of benzene rings is 1. The summed E-state index contributed by atoms with van der Waals surface area (Å²) in [5, 5.41) is 9.90. The number of likely N-dealkylation sites (tertiary alicyclic amines) is 2. The van der Waals surface area contributed by atoms with Crippen LogP contribution in [0.2, 0.25) is 0 Å². The van der Waals surface area contributed by atoms with Gasteiger partial charge in [-0.3, -0.25) is 20.0 Å². The van der Waals surface area contributed by atoms with Gasteiger partial charge in [0.2, 0.25) is 5.91 Å². The van der Waals surface area contributed by atoms with Gasteiger partial charge in [-0.2, -0.15) is 0 Å². The maximum atomic E-state index is 14.3. The first-order valence-electron chi connectivity index (χ1n) is 16.7. The number of aromatic amines is 1. The molecule has 1 saturated carbocycles. The molecule has 0 bridgehead atoms. The number of amides is 1. The summed E-state index contributed by atoms with van der Waals surface area (Å²) in [6.45, 7) is 11.2. The molecule has 9 nitrogen and oxygen atoms in total. The van der Waals surface area contributed by atoms with E-state index in [0.29, 0.717) is 24.9 Å². The minimum atomic E-state index is -0.533. The van der Waals surface area contributed by atoms with Crippen LogP contribution in [0.15, 0.2) is 12.1 Å². The molecule has 4 fully saturated rings. The van der Waals surface area contributed by atoms with Gasteiger partial charge in [-0.15, -0.1) is 0 Å². The molecule has 5 heterocycles. The van der Waals surface area contributed by atoms with Crippen molar-refractivity contribution in [2.24, 2.45) is 5.92 Å². The molecule has 10 heteroatoms. The number of aromatic hydroxyl groups is 1. The van der Waals surface area contributed by atoms with Crippen LogP contribution < -0.4 is 10.9 Å². The number of halogens is 1. The molecule has 3 saturated heterocycles. The molecule has 0 radical (unpaired) electrons. The third kappa shape index (κ3) is 5.38. The van der Waals surface area contributed by atoms with Crippen molar-refractivity contribution >= 4 is 5.91 Å². The lowest BCUT2D eigenvalue weighted by Crippen LogP contribution is -2.65. The van der Waals surface area contributed by atoms with Crippen molar-refractivity contribution in [1.82, 2.24) is 35.5 Å². The standard InChI is InChI=1S/C33H48FN7O2/c1-4-20-13-30(42)25(34)14-24(20)21-8-9-23-26(12-21)37-38-31(23)32-35-27-15-29(41(19(2)3)18-28(27)36-32)33(43)40-16-22(17-40)39-10-6-5-7-11-39/h13-14,19,21-23,26,29,31,37-38,42H,4-12,15-18H2,1-3H3,(H,35,36). The van der Waals surface area contributed by atoms with Gasteiger partial charge in [0.1, 0.15) is 5.82 Å². The van der Waals surface area contributed by atoms with E-state index in [-0.39, 0.29) is 41.7 Å². The lowest BCUT2D eigenvalue weighted by Gasteiger charge is -2.49. The summed E-state index contributed by atoms with van der Waals surface area (Å²) in [4.78, 5) is 29.6. The largest absolute Gasteiger partial charge is 0.505 e. The number of hydrogen-bond donors (Lipinski definition) is 4. The molecule has 5 atom stereocenters. The smallest absolute Gasteiger partial charge is 0.240 e. The molecule has 5 aliphatic rings. The highest BCUT2D eigenvalue weighted by molar-refractivity contribution is 5.83. The number of hydrogen-bond acceptors (Lipinski definition) is 7. The number of nitrogens with one attached hydrogen (secondary N) is 3. The molecule has 0 spiro atoms. The van der Waals surface area contributed by atoms with Crippen molar-refractivity contribution in [3.05, 3.63) is 46.3 Å². The van der Waals surface area contributed by atoms with E-state index in [0.717, 1.165) is 67.1 Å². The summed E-state index contributed by atoms with van der Waals surface area (Å²) in [5.41, 5.74) is 11.3. The number of H-pyrrole nitrogens is 1. The van der Waals surface area contributed by atoms with Crippen molar-refractivity contribution in [2.45, 2.75) is 115 Å². The van der Waals surface area contributed by atoms with Gasteiger partial charge in [-0.05, 0) is 101 Å². The van der Waals surface area contributed by atoms with Crippen molar-refractivity contribution in [2.75, 3.05) is 26.2 Å². The molecule has 1 amide bonds. The Labute approximate surface area is 254 Å². The Morgan fingerprint density at radius 1 is 1.14 bits per heavy atom. The van der Waals surface area contributed by atoms with Crippen LogP contribution in [0.25, 0.3) is 0 Å². The van der Waals surface area contributed by atoms with Crippen molar-refractivity contribution in [1.29, 1.82) is 0 Å². The van der Waals surface area contributed by atoms with Gasteiger partial charge >= 0.3 is 0 Å². The quantitative estimate of drug-likeness (QED) is 0.405. The van der Waals surface area contributed by atoms with Gasteiger partial charge in [0, 0.05) is 44.2 Å². The molecule has 43 heavy (non-hydrogen) atoms. The molecule has 1 aliphatic carbocycles. The van der Waals surface area contributed by atoms with E-state index in [4.69, 9.17) is 4.98 Å². The van der Waals surface area contributed by atoms with Crippen LogP contribution in [0, 0.1) is 11.7 Å². The fourth-order valence-corrected chi connectivity index (χ4v) is 8.56. The van der Waals surface area contributed by atoms with E-state index in [9.17, 15) is 14.3 Å². The first-order valence-corrected chi connectivity index (χ1v) is 16.7. The zero-order valence-corrected chi connectivity index (χ0v) is 25.9. The number of fused-ring (bicyclic) bond motifs is 2. The maximum Gasteiger partial charge on any atom is 0.240 e. The molecule has 1 aromatic heterocycles. The number of hydrazine groups is 1. The second-order valence-electron chi connectivity index (χ2n) is 13.9. The summed E-state index contributed by atoms with van der Waals surface area (Å²) < 4.78 is 14.3. The van der Waals surface area contributed by atoms with Gasteiger partial charge < -0.3 is 15.0 Å². The van der Waals surface area contributed by atoms with Crippen LogP contribution in [-0.2, 0) is 24.2 Å². The number of imidazole rings is 1. The molecule has 5 unspecified atom stereocenters. The Morgan fingerprint density at radius 3 is 2.67 bits per heavy atom. The first-order chi connectivity index (χ1) is 20.8. The molecular formula is C33H48FN7O2. The Kier molecular flexibility index (Phi) is 7.99. The van der Waals surface area contributed by atoms with Gasteiger partial charge in [-0.1, -0.05) is 13.3 Å². The number of nitrogens with zero attached hydrogens (tertiary/aromatic N) is 4. The number of phenols is 1. The van der Waals surface area contributed by atoms with Gasteiger partial charge in [0.15, 0.2) is 11.6 Å². The molecule has 4 aliphatic heterocycles. The third-order valence-electron chi connectivity index (χ3n) is 11.1.